The molecule has 0 bridgehead atoms. The Kier molecular flexibility index (Phi) is 5.91. The summed E-state index contributed by atoms with van der Waals surface area (Å²) in [5, 5.41) is 7.67. The summed E-state index contributed by atoms with van der Waals surface area (Å²) in [6, 6.07) is 10.5. The van der Waals surface area contributed by atoms with Crippen LogP contribution in [0.15, 0.2) is 30.3 Å². The van der Waals surface area contributed by atoms with Crippen LogP contribution < -0.4 is 10.6 Å². The second kappa shape index (κ2) is 8.34. The molecule has 4 nitrogen and oxygen atoms in total. The van der Waals surface area contributed by atoms with Crippen LogP contribution in [0.25, 0.3) is 0 Å². The van der Waals surface area contributed by atoms with Crippen molar-refractivity contribution in [2.45, 2.75) is 51.5 Å². The molecule has 1 aliphatic rings. The molecule has 0 radical (unpaired) electrons. The van der Waals surface area contributed by atoms with E-state index in [0.717, 1.165) is 29.5 Å². The van der Waals surface area contributed by atoms with Crippen molar-refractivity contribution in [3.8, 4) is 0 Å². The molecular weight excluding hydrogens is 320 g/mol. The molecule has 1 aromatic carbocycles. The number of hydrogen-bond donors (Lipinski definition) is 2. The summed E-state index contributed by atoms with van der Waals surface area (Å²) in [5.41, 5.74) is 2.19. The van der Waals surface area contributed by atoms with Gasteiger partial charge in [0, 0.05) is 29.4 Å². The first-order valence-electron chi connectivity index (χ1n) is 8.79. The molecule has 0 saturated heterocycles. The fourth-order valence-corrected chi connectivity index (χ4v) is 3.40. The van der Waals surface area contributed by atoms with E-state index in [1.165, 1.54) is 37.7 Å². The first-order valence-corrected chi connectivity index (χ1v) is 9.17. The molecule has 1 fully saturated rings. The van der Waals surface area contributed by atoms with Crippen molar-refractivity contribution >= 4 is 23.4 Å². The first kappa shape index (κ1) is 17.0. The highest BCUT2D eigenvalue weighted by molar-refractivity contribution is 6.30. The maximum absolute atomic E-state index is 6.02. The minimum Gasteiger partial charge on any atom is -0.367 e. The zero-order valence-corrected chi connectivity index (χ0v) is 14.9. The summed E-state index contributed by atoms with van der Waals surface area (Å²) >= 11 is 6.02. The standard InChI is InChI=1S/C19H25ClN4/c1-14-12-18(23-17-8-3-2-4-9-17)24-19(22-14)21-11-10-15-6-5-7-16(20)13-15/h5-7,12-13,17H,2-4,8-11H2,1H3,(H2,21,22,23,24). The molecule has 0 amide bonds. The number of aryl methyl sites for hydroxylation is 1. The van der Waals surface area contributed by atoms with Gasteiger partial charge in [-0.2, -0.15) is 4.98 Å². The van der Waals surface area contributed by atoms with Crippen LogP contribution in [0.3, 0.4) is 0 Å². The van der Waals surface area contributed by atoms with Crippen LogP contribution in [-0.2, 0) is 6.42 Å². The predicted molar refractivity (Wildman–Crippen MR) is 101 cm³/mol. The van der Waals surface area contributed by atoms with Crippen molar-refractivity contribution in [1.29, 1.82) is 0 Å². The zero-order chi connectivity index (χ0) is 16.8. The number of nitrogens with one attached hydrogen (secondary N) is 2. The third-order valence-corrected chi connectivity index (χ3v) is 4.63. The summed E-state index contributed by atoms with van der Waals surface area (Å²) in [5.74, 6) is 1.62. The Morgan fingerprint density at radius 3 is 2.75 bits per heavy atom. The molecule has 1 saturated carbocycles. The molecule has 1 aliphatic carbocycles. The molecule has 2 aromatic rings. The maximum Gasteiger partial charge on any atom is 0.224 e. The van der Waals surface area contributed by atoms with Crippen LogP contribution >= 0.6 is 11.6 Å². The molecule has 5 heteroatoms. The number of anilines is 2. The van der Waals surface area contributed by atoms with E-state index in [4.69, 9.17) is 11.6 Å². The van der Waals surface area contributed by atoms with E-state index >= 15 is 0 Å². The van der Waals surface area contributed by atoms with Crippen molar-refractivity contribution in [1.82, 2.24) is 9.97 Å². The maximum atomic E-state index is 6.02. The van der Waals surface area contributed by atoms with E-state index in [9.17, 15) is 0 Å². The van der Waals surface area contributed by atoms with Crippen molar-refractivity contribution in [3.05, 3.63) is 46.6 Å². The quantitative estimate of drug-likeness (QED) is 0.787. The lowest BCUT2D eigenvalue weighted by atomic mass is 9.95. The summed E-state index contributed by atoms with van der Waals surface area (Å²) in [4.78, 5) is 9.10. The lowest BCUT2D eigenvalue weighted by Gasteiger charge is -2.23. The van der Waals surface area contributed by atoms with Crippen LogP contribution in [0.5, 0.6) is 0 Å². The minimum atomic E-state index is 0.548. The van der Waals surface area contributed by atoms with E-state index < -0.39 is 0 Å². The lowest BCUT2D eigenvalue weighted by Crippen LogP contribution is -2.23. The molecule has 0 aliphatic heterocycles. The Balaban J connectivity index is 1.56. The molecule has 1 aromatic heterocycles. The Morgan fingerprint density at radius 2 is 1.96 bits per heavy atom. The van der Waals surface area contributed by atoms with Crippen molar-refractivity contribution in [2.24, 2.45) is 0 Å². The van der Waals surface area contributed by atoms with Gasteiger partial charge >= 0.3 is 0 Å². The Morgan fingerprint density at radius 1 is 1.12 bits per heavy atom. The van der Waals surface area contributed by atoms with Gasteiger partial charge in [0.05, 0.1) is 0 Å². The summed E-state index contributed by atoms with van der Waals surface area (Å²) in [7, 11) is 0. The number of nitrogens with zero attached hydrogens (tertiary/aromatic N) is 2. The Bertz CT molecular complexity index is 668. The van der Waals surface area contributed by atoms with Crippen molar-refractivity contribution in [3.63, 3.8) is 0 Å². The van der Waals surface area contributed by atoms with E-state index in [1.54, 1.807) is 0 Å². The van der Waals surface area contributed by atoms with Gasteiger partial charge in [0.15, 0.2) is 0 Å². The van der Waals surface area contributed by atoms with Crippen LogP contribution in [0.4, 0.5) is 11.8 Å². The van der Waals surface area contributed by atoms with E-state index in [2.05, 4.69) is 26.7 Å². The molecule has 24 heavy (non-hydrogen) atoms. The molecule has 2 N–H and O–H groups in total. The van der Waals surface area contributed by atoms with Gasteiger partial charge in [0.2, 0.25) is 5.95 Å². The highest BCUT2D eigenvalue weighted by Crippen LogP contribution is 2.21. The molecule has 128 valence electrons. The lowest BCUT2D eigenvalue weighted by molar-refractivity contribution is 0.462. The number of aromatic nitrogens is 2. The minimum absolute atomic E-state index is 0.548. The summed E-state index contributed by atoms with van der Waals surface area (Å²) in [6.07, 6.45) is 7.35. The summed E-state index contributed by atoms with van der Waals surface area (Å²) < 4.78 is 0. The average Bonchev–Trinajstić information content (AvgIpc) is 2.55. The van der Waals surface area contributed by atoms with Gasteiger partial charge in [-0.15, -0.1) is 0 Å². The van der Waals surface area contributed by atoms with Gasteiger partial charge < -0.3 is 10.6 Å². The molecule has 1 heterocycles. The Labute approximate surface area is 149 Å². The summed E-state index contributed by atoms with van der Waals surface area (Å²) in [6.45, 7) is 2.79. The molecule has 0 spiro atoms. The number of hydrogen-bond acceptors (Lipinski definition) is 4. The number of halogens is 1. The van der Waals surface area contributed by atoms with E-state index in [1.807, 2.05) is 31.2 Å². The zero-order valence-electron chi connectivity index (χ0n) is 14.2. The van der Waals surface area contributed by atoms with Crippen LogP contribution in [-0.4, -0.2) is 22.6 Å². The fraction of sp³-hybridized carbons (Fsp3) is 0.474. The number of benzene rings is 1. The second-order valence-electron chi connectivity index (χ2n) is 6.50. The third-order valence-electron chi connectivity index (χ3n) is 4.40. The van der Waals surface area contributed by atoms with Gasteiger partial charge in [0.25, 0.3) is 0 Å². The highest BCUT2D eigenvalue weighted by Gasteiger charge is 2.14. The molecule has 0 unspecified atom stereocenters. The first-order chi connectivity index (χ1) is 11.7. The van der Waals surface area contributed by atoms with E-state index in [0.29, 0.717) is 12.0 Å². The largest absolute Gasteiger partial charge is 0.367 e. The molecule has 3 rings (SSSR count). The van der Waals surface area contributed by atoms with Gasteiger partial charge in [-0.1, -0.05) is 43.0 Å². The van der Waals surface area contributed by atoms with Crippen molar-refractivity contribution in [2.75, 3.05) is 17.2 Å². The fourth-order valence-electron chi connectivity index (χ4n) is 3.19. The van der Waals surface area contributed by atoms with Crippen LogP contribution in [0, 0.1) is 6.92 Å². The van der Waals surface area contributed by atoms with Gasteiger partial charge in [-0.05, 0) is 43.9 Å². The SMILES string of the molecule is Cc1cc(NC2CCCCC2)nc(NCCc2cccc(Cl)c2)n1. The molecular formula is C19H25ClN4. The number of rotatable bonds is 6. The van der Waals surface area contributed by atoms with Gasteiger partial charge in [-0.25, -0.2) is 4.98 Å². The predicted octanol–water partition coefficient (Wildman–Crippen LogP) is 4.84. The smallest absolute Gasteiger partial charge is 0.224 e. The highest BCUT2D eigenvalue weighted by atomic mass is 35.5. The Hall–Kier alpha value is -1.81. The normalized spacial score (nSPS) is 15.2. The van der Waals surface area contributed by atoms with Gasteiger partial charge in [-0.3, -0.25) is 0 Å². The van der Waals surface area contributed by atoms with Crippen molar-refractivity contribution < 1.29 is 0 Å². The van der Waals surface area contributed by atoms with E-state index in [-0.39, 0.29) is 0 Å². The topological polar surface area (TPSA) is 49.8 Å². The average molecular weight is 345 g/mol. The van der Waals surface area contributed by atoms with Gasteiger partial charge in [0.1, 0.15) is 5.82 Å². The third kappa shape index (κ3) is 5.10. The van der Waals surface area contributed by atoms with Crippen LogP contribution in [0.1, 0.15) is 43.4 Å². The van der Waals surface area contributed by atoms with Crippen LogP contribution in [0.2, 0.25) is 5.02 Å². The second-order valence-corrected chi connectivity index (χ2v) is 6.94. The molecule has 0 atom stereocenters. The monoisotopic (exact) mass is 344 g/mol.